The Morgan fingerprint density at radius 3 is 2.85 bits per heavy atom. The zero-order valence-electron chi connectivity index (χ0n) is 7.33. The van der Waals surface area contributed by atoms with Crippen LogP contribution in [0.1, 0.15) is 11.1 Å². The first-order valence-corrected chi connectivity index (χ1v) is 4.58. The third-order valence-electron chi connectivity index (χ3n) is 2.69. The standard InChI is InChI=1S/C12H10N/c1-2-4-11-9(3-1)5-6-10-7-13-8-12(10)11/h1-6H,7-8H2. The molecule has 0 amide bonds. The average molecular weight is 168 g/mol. The van der Waals surface area contributed by atoms with Crippen LogP contribution >= 0.6 is 0 Å². The molecule has 0 bridgehead atoms. The van der Waals surface area contributed by atoms with E-state index in [9.17, 15) is 0 Å². The molecule has 1 aliphatic rings. The Bertz CT molecular complexity index is 460. The number of rotatable bonds is 0. The van der Waals surface area contributed by atoms with E-state index in [1.54, 1.807) is 0 Å². The van der Waals surface area contributed by atoms with Crippen molar-refractivity contribution in [2.45, 2.75) is 13.1 Å². The summed E-state index contributed by atoms with van der Waals surface area (Å²) in [6.07, 6.45) is 0. The molecule has 0 spiro atoms. The predicted octanol–water partition coefficient (Wildman–Crippen LogP) is 2.46. The number of benzene rings is 2. The second-order valence-electron chi connectivity index (χ2n) is 3.46. The molecule has 1 nitrogen and oxygen atoms in total. The second-order valence-corrected chi connectivity index (χ2v) is 3.46. The van der Waals surface area contributed by atoms with E-state index in [4.69, 9.17) is 0 Å². The van der Waals surface area contributed by atoms with Crippen LogP contribution < -0.4 is 5.32 Å². The van der Waals surface area contributed by atoms with Crippen LogP contribution in [0.5, 0.6) is 0 Å². The normalized spacial score (nSPS) is 14.8. The van der Waals surface area contributed by atoms with E-state index in [1.807, 2.05) is 0 Å². The van der Waals surface area contributed by atoms with Gasteiger partial charge in [0.2, 0.25) is 0 Å². The summed E-state index contributed by atoms with van der Waals surface area (Å²) in [7, 11) is 0. The van der Waals surface area contributed by atoms with Crippen LogP contribution in [-0.4, -0.2) is 0 Å². The number of hydrogen-bond acceptors (Lipinski definition) is 0. The van der Waals surface area contributed by atoms with Crippen molar-refractivity contribution in [1.29, 1.82) is 0 Å². The minimum Gasteiger partial charge on any atom is -0.232 e. The molecule has 2 aromatic rings. The van der Waals surface area contributed by atoms with Crippen molar-refractivity contribution < 1.29 is 0 Å². The summed E-state index contributed by atoms with van der Waals surface area (Å²) >= 11 is 0. The summed E-state index contributed by atoms with van der Waals surface area (Å²) in [6.45, 7) is 1.80. The lowest BCUT2D eigenvalue weighted by molar-refractivity contribution is 0.747. The van der Waals surface area contributed by atoms with Crippen molar-refractivity contribution in [1.82, 2.24) is 5.32 Å². The van der Waals surface area contributed by atoms with Gasteiger partial charge in [0.1, 0.15) is 0 Å². The van der Waals surface area contributed by atoms with Gasteiger partial charge in [0, 0.05) is 13.1 Å². The van der Waals surface area contributed by atoms with E-state index in [-0.39, 0.29) is 0 Å². The maximum Gasteiger partial charge on any atom is 0.0397 e. The highest BCUT2D eigenvalue weighted by Gasteiger charge is 2.12. The molecule has 0 N–H and O–H groups in total. The zero-order chi connectivity index (χ0) is 8.67. The van der Waals surface area contributed by atoms with E-state index < -0.39 is 0 Å². The van der Waals surface area contributed by atoms with Crippen LogP contribution in [0, 0.1) is 0 Å². The molecule has 0 atom stereocenters. The molecule has 0 saturated carbocycles. The summed E-state index contributed by atoms with van der Waals surface area (Å²) in [5.74, 6) is 0. The summed E-state index contributed by atoms with van der Waals surface area (Å²) in [5.41, 5.74) is 2.83. The summed E-state index contributed by atoms with van der Waals surface area (Å²) < 4.78 is 0. The minimum absolute atomic E-state index is 0.899. The molecule has 63 valence electrons. The van der Waals surface area contributed by atoms with Gasteiger partial charge < -0.3 is 0 Å². The lowest BCUT2D eigenvalue weighted by Gasteiger charge is -2.02. The van der Waals surface area contributed by atoms with Crippen LogP contribution in [0.3, 0.4) is 0 Å². The van der Waals surface area contributed by atoms with Crippen molar-refractivity contribution in [2.75, 3.05) is 0 Å². The van der Waals surface area contributed by atoms with E-state index in [0.717, 1.165) is 13.1 Å². The molecule has 1 heterocycles. The average Bonchev–Trinajstić information content (AvgIpc) is 2.65. The molecule has 13 heavy (non-hydrogen) atoms. The van der Waals surface area contributed by atoms with Crippen molar-refractivity contribution in [3.63, 3.8) is 0 Å². The summed E-state index contributed by atoms with van der Waals surface area (Å²) in [5, 5.41) is 7.11. The highest BCUT2D eigenvalue weighted by molar-refractivity contribution is 5.87. The molecule has 0 aromatic heterocycles. The largest absolute Gasteiger partial charge is 0.232 e. The van der Waals surface area contributed by atoms with Gasteiger partial charge in [-0.15, -0.1) is 0 Å². The van der Waals surface area contributed by atoms with Crippen LogP contribution in [0.25, 0.3) is 10.8 Å². The molecule has 0 aliphatic carbocycles. The van der Waals surface area contributed by atoms with E-state index in [2.05, 4.69) is 41.7 Å². The first-order valence-electron chi connectivity index (χ1n) is 4.58. The third kappa shape index (κ3) is 0.973. The Morgan fingerprint density at radius 2 is 1.85 bits per heavy atom. The van der Waals surface area contributed by atoms with Crippen molar-refractivity contribution >= 4 is 10.8 Å². The lowest BCUT2D eigenvalue weighted by atomic mass is 10.0. The fourth-order valence-corrected chi connectivity index (χ4v) is 2.00. The van der Waals surface area contributed by atoms with Crippen molar-refractivity contribution in [3.8, 4) is 0 Å². The molecule has 0 saturated heterocycles. The first kappa shape index (κ1) is 7.10. The van der Waals surface area contributed by atoms with Gasteiger partial charge in [-0.2, -0.15) is 0 Å². The molecule has 3 rings (SSSR count). The summed E-state index contributed by atoms with van der Waals surface area (Å²) in [4.78, 5) is 0. The molecule has 2 aromatic carbocycles. The fraction of sp³-hybridized carbons (Fsp3) is 0.167. The highest BCUT2D eigenvalue weighted by atomic mass is 14.9. The Balaban J connectivity index is 2.43. The van der Waals surface area contributed by atoms with E-state index in [0.29, 0.717) is 0 Å². The third-order valence-corrected chi connectivity index (χ3v) is 2.69. The van der Waals surface area contributed by atoms with Crippen LogP contribution in [0.15, 0.2) is 36.4 Å². The van der Waals surface area contributed by atoms with Crippen molar-refractivity contribution in [2.24, 2.45) is 0 Å². The van der Waals surface area contributed by atoms with Gasteiger partial charge in [0.15, 0.2) is 0 Å². The molecule has 0 unspecified atom stereocenters. The summed E-state index contributed by atoms with van der Waals surface area (Å²) in [6, 6.07) is 12.9. The monoisotopic (exact) mass is 168 g/mol. The SMILES string of the molecule is c1ccc2c3c(ccc2c1)C[N]C3. The van der Waals surface area contributed by atoms with Gasteiger partial charge in [0.25, 0.3) is 0 Å². The highest BCUT2D eigenvalue weighted by Crippen LogP contribution is 2.26. The maximum atomic E-state index is 4.40. The van der Waals surface area contributed by atoms with Gasteiger partial charge in [-0.1, -0.05) is 36.4 Å². The Kier molecular flexibility index (Phi) is 1.41. The molecule has 1 aliphatic heterocycles. The minimum atomic E-state index is 0.899. The zero-order valence-corrected chi connectivity index (χ0v) is 7.33. The van der Waals surface area contributed by atoms with E-state index >= 15 is 0 Å². The Labute approximate surface area is 77.4 Å². The van der Waals surface area contributed by atoms with Gasteiger partial charge in [0.05, 0.1) is 0 Å². The molecule has 1 heteroatoms. The second kappa shape index (κ2) is 2.57. The van der Waals surface area contributed by atoms with Gasteiger partial charge in [-0.25, -0.2) is 5.32 Å². The van der Waals surface area contributed by atoms with Gasteiger partial charge in [-0.05, 0) is 21.9 Å². The quantitative estimate of drug-likeness (QED) is 0.573. The fourth-order valence-electron chi connectivity index (χ4n) is 2.00. The smallest absolute Gasteiger partial charge is 0.0397 e. The lowest BCUT2D eigenvalue weighted by Crippen LogP contribution is -1.89. The van der Waals surface area contributed by atoms with Gasteiger partial charge >= 0.3 is 0 Å². The molecule has 0 fully saturated rings. The Hall–Kier alpha value is -1.34. The predicted molar refractivity (Wildman–Crippen MR) is 53.5 cm³/mol. The van der Waals surface area contributed by atoms with Gasteiger partial charge in [-0.3, -0.25) is 0 Å². The molecular weight excluding hydrogens is 158 g/mol. The van der Waals surface area contributed by atoms with Crippen LogP contribution in [0.2, 0.25) is 0 Å². The molecule has 1 radical (unpaired) electrons. The number of fused-ring (bicyclic) bond motifs is 3. The topological polar surface area (TPSA) is 14.1 Å². The van der Waals surface area contributed by atoms with E-state index in [1.165, 1.54) is 21.9 Å². The van der Waals surface area contributed by atoms with Crippen molar-refractivity contribution in [3.05, 3.63) is 47.5 Å². The number of hydrogen-bond donors (Lipinski definition) is 0. The van der Waals surface area contributed by atoms with Crippen LogP contribution in [-0.2, 0) is 13.1 Å². The van der Waals surface area contributed by atoms with Crippen LogP contribution in [0.4, 0.5) is 0 Å². The maximum absolute atomic E-state index is 4.40. The first-order chi connectivity index (χ1) is 6.45. The Morgan fingerprint density at radius 1 is 0.923 bits per heavy atom. The number of nitrogens with zero attached hydrogens (tertiary/aromatic N) is 1. The molecular formula is C12H10N.